The topological polar surface area (TPSA) is 100 Å². The first-order valence-electron chi connectivity index (χ1n) is 6.77. The van der Waals surface area contributed by atoms with Crippen LogP contribution in [0.5, 0.6) is 5.75 Å². The van der Waals surface area contributed by atoms with E-state index in [9.17, 15) is 19.5 Å². The minimum atomic E-state index is -0.791. The Bertz CT molecular complexity index is 891. The summed E-state index contributed by atoms with van der Waals surface area (Å²) in [5.74, 6) is -1.25. The van der Waals surface area contributed by atoms with Crippen molar-refractivity contribution in [1.29, 1.82) is 0 Å². The molecule has 0 atom stereocenters. The van der Waals surface area contributed by atoms with Crippen LogP contribution in [-0.4, -0.2) is 27.6 Å². The van der Waals surface area contributed by atoms with Crippen LogP contribution in [0.1, 0.15) is 39.0 Å². The average Bonchev–Trinajstić information content (AvgIpc) is 2.72. The zero-order chi connectivity index (χ0) is 16.7. The predicted molar refractivity (Wildman–Crippen MR) is 80.5 cm³/mol. The summed E-state index contributed by atoms with van der Waals surface area (Å²) in [6.07, 6.45) is 0. The fourth-order valence-corrected chi connectivity index (χ4v) is 2.40. The van der Waals surface area contributed by atoms with Gasteiger partial charge in [-0.2, -0.15) is 10.1 Å². The highest BCUT2D eigenvalue weighted by Crippen LogP contribution is 2.24. The molecule has 0 unspecified atom stereocenters. The third kappa shape index (κ3) is 2.32. The molecule has 23 heavy (non-hydrogen) atoms. The Morgan fingerprint density at radius 2 is 1.70 bits per heavy atom. The van der Waals surface area contributed by atoms with E-state index in [0.717, 1.165) is 0 Å². The number of hydrazone groups is 1. The maximum absolute atomic E-state index is 12.2. The fraction of sp³-hybridized carbons (Fsp3) is 0.125. The van der Waals surface area contributed by atoms with E-state index in [-0.39, 0.29) is 33.9 Å². The molecule has 0 spiro atoms. The van der Waals surface area contributed by atoms with Gasteiger partial charge in [-0.15, -0.1) is 0 Å². The van der Waals surface area contributed by atoms with Crippen LogP contribution in [0.4, 0.5) is 0 Å². The van der Waals surface area contributed by atoms with Crippen LogP contribution in [0.2, 0.25) is 0 Å². The first-order chi connectivity index (χ1) is 10.9. The number of aryl methyl sites for hydroxylation is 1. The van der Waals surface area contributed by atoms with E-state index >= 15 is 0 Å². The zero-order valence-corrected chi connectivity index (χ0v) is 12.4. The smallest absolute Gasteiger partial charge is 0.348 e. The lowest BCUT2D eigenvalue weighted by atomic mass is 10.1. The van der Waals surface area contributed by atoms with Gasteiger partial charge in [0.25, 0.3) is 11.8 Å². The lowest BCUT2D eigenvalue weighted by Gasteiger charge is -2.09. The average molecular weight is 312 g/mol. The van der Waals surface area contributed by atoms with Crippen molar-refractivity contribution in [1.82, 2.24) is 5.01 Å². The second-order valence-corrected chi connectivity index (χ2v) is 5.06. The van der Waals surface area contributed by atoms with Gasteiger partial charge in [-0.05, 0) is 26.0 Å². The van der Waals surface area contributed by atoms with Crippen molar-refractivity contribution in [2.75, 3.05) is 0 Å². The number of fused-ring (bicyclic) bond motifs is 1. The van der Waals surface area contributed by atoms with Gasteiger partial charge in [0.05, 0.1) is 16.8 Å². The Balaban J connectivity index is 2.06. The highest BCUT2D eigenvalue weighted by molar-refractivity contribution is 6.21. The minimum Gasteiger partial charge on any atom is -0.507 e. The molecular weight excluding hydrogens is 300 g/mol. The van der Waals surface area contributed by atoms with E-state index in [1.54, 1.807) is 12.1 Å². The Morgan fingerprint density at radius 3 is 2.22 bits per heavy atom. The number of carbonyl (C=O) groups is 2. The summed E-state index contributed by atoms with van der Waals surface area (Å²) in [5.41, 5.74) is -0.485. The van der Waals surface area contributed by atoms with Crippen LogP contribution in [0, 0.1) is 6.92 Å². The lowest BCUT2D eigenvalue weighted by Crippen LogP contribution is -2.26. The molecule has 0 aliphatic carbocycles. The van der Waals surface area contributed by atoms with E-state index in [1.807, 2.05) is 0 Å². The maximum Gasteiger partial charge on any atom is 0.348 e. The van der Waals surface area contributed by atoms with Gasteiger partial charge in [0.15, 0.2) is 0 Å². The molecule has 0 fully saturated rings. The lowest BCUT2D eigenvalue weighted by molar-refractivity contribution is 0.0658. The fourth-order valence-electron chi connectivity index (χ4n) is 2.40. The molecule has 7 heteroatoms. The van der Waals surface area contributed by atoms with Crippen LogP contribution in [0.25, 0.3) is 0 Å². The van der Waals surface area contributed by atoms with Gasteiger partial charge in [0.1, 0.15) is 17.1 Å². The molecule has 116 valence electrons. The van der Waals surface area contributed by atoms with Crippen molar-refractivity contribution in [3.8, 4) is 5.75 Å². The van der Waals surface area contributed by atoms with Gasteiger partial charge < -0.3 is 9.52 Å². The molecule has 1 aliphatic rings. The number of rotatable bonds is 2. The second kappa shape index (κ2) is 5.20. The molecule has 0 bridgehead atoms. The highest BCUT2D eigenvalue weighted by Gasteiger charge is 2.35. The molecule has 1 aromatic carbocycles. The Kier molecular flexibility index (Phi) is 3.33. The number of amides is 2. The number of hydrogen-bond donors (Lipinski definition) is 1. The summed E-state index contributed by atoms with van der Waals surface area (Å²) in [4.78, 5) is 36.3. The van der Waals surface area contributed by atoms with Crippen LogP contribution in [0.3, 0.4) is 0 Å². The van der Waals surface area contributed by atoms with E-state index < -0.39 is 17.4 Å². The number of nitrogens with zero attached hydrogens (tertiary/aromatic N) is 2. The molecule has 1 aliphatic heterocycles. The maximum atomic E-state index is 12.2. The molecular formula is C16H12N2O5. The third-order valence-corrected chi connectivity index (χ3v) is 3.44. The van der Waals surface area contributed by atoms with Crippen molar-refractivity contribution in [3.05, 3.63) is 63.2 Å². The Morgan fingerprint density at radius 1 is 1.13 bits per heavy atom. The molecule has 0 saturated heterocycles. The molecule has 2 aromatic rings. The summed E-state index contributed by atoms with van der Waals surface area (Å²) in [6, 6.07) is 7.60. The summed E-state index contributed by atoms with van der Waals surface area (Å²) in [5, 5.41) is 14.5. The van der Waals surface area contributed by atoms with E-state index in [0.29, 0.717) is 5.01 Å². The molecule has 7 nitrogen and oxygen atoms in total. The zero-order valence-electron chi connectivity index (χ0n) is 12.4. The third-order valence-electron chi connectivity index (χ3n) is 3.44. The largest absolute Gasteiger partial charge is 0.507 e. The molecule has 1 aromatic heterocycles. The van der Waals surface area contributed by atoms with Crippen molar-refractivity contribution in [2.45, 2.75) is 13.8 Å². The Labute approximate surface area is 130 Å². The molecule has 3 rings (SSSR count). The molecule has 2 amide bonds. The SMILES string of the molecule is C/C(=N\N1C(=O)c2ccccc2C1=O)c1c(O)cc(C)oc1=O. The van der Waals surface area contributed by atoms with Crippen LogP contribution in [-0.2, 0) is 0 Å². The van der Waals surface area contributed by atoms with Gasteiger partial charge in [0, 0.05) is 6.07 Å². The van der Waals surface area contributed by atoms with Gasteiger partial charge in [-0.25, -0.2) is 4.79 Å². The van der Waals surface area contributed by atoms with Gasteiger partial charge >= 0.3 is 5.63 Å². The summed E-state index contributed by atoms with van der Waals surface area (Å²) in [7, 11) is 0. The van der Waals surface area contributed by atoms with Gasteiger partial charge in [0.2, 0.25) is 0 Å². The molecule has 1 N–H and O–H groups in total. The molecule has 2 heterocycles. The summed E-state index contributed by atoms with van der Waals surface area (Å²) >= 11 is 0. The second-order valence-electron chi connectivity index (χ2n) is 5.06. The standard InChI is InChI=1S/C16H12N2O5/c1-8-7-12(19)13(16(22)23-8)9(2)17-18-14(20)10-5-3-4-6-11(10)15(18)21/h3-7,19H,1-2H3/b17-9+. The van der Waals surface area contributed by atoms with Crippen LogP contribution >= 0.6 is 0 Å². The molecule has 0 saturated carbocycles. The number of carbonyl (C=O) groups excluding carboxylic acids is 2. The number of benzene rings is 1. The van der Waals surface area contributed by atoms with E-state index in [4.69, 9.17) is 4.42 Å². The van der Waals surface area contributed by atoms with Crippen molar-refractivity contribution >= 4 is 17.5 Å². The first kappa shape index (κ1) is 14.7. The van der Waals surface area contributed by atoms with E-state index in [2.05, 4.69) is 5.10 Å². The Hall–Kier alpha value is -3.22. The van der Waals surface area contributed by atoms with Crippen molar-refractivity contribution < 1.29 is 19.1 Å². The molecule has 0 radical (unpaired) electrons. The van der Waals surface area contributed by atoms with Crippen molar-refractivity contribution in [3.63, 3.8) is 0 Å². The van der Waals surface area contributed by atoms with E-state index in [1.165, 1.54) is 32.0 Å². The number of aromatic hydroxyl groups is 1. The normalized spacial score (nSPS) is 14.3. The van der Waals surface area contributed by atoms with Gasteiger partial charge in [-0.3, -0.25) is 9.59 Å². The summed E-state index contributed by atoms with van der Waals surface area (Å²) in [6.45, 7) is 2.92. The van der Waals surface area contributed by atoms with Crippen LogP contribution < -0.4 is 5.63 Å². The monoisotopic (exact) mass is 312 g/mol. The predicted octanol–water partition coefficient (Wildman–Crippen LogP) is 1.67. The van der Waals surface area contributed by atoms with Crippen molar-refractivity contribution in [2.24, 2.45) is 5.10 Å². The van der Waals surface area contributed by atoms with Gasteiger partial charge in [-0.1, -0.05) is 12.1 Å². The number of imide groups is 1. The first-order valence-corrected chi connectivity index (χ1v) is 6.77. The van der Waals surface area contributed by atoms with Crippen LogP contribution in [0.15, 0.2) is 44.6 Å². The quantitative estimate of drug-likeness (QED) is 0.671. The number of hydrogen-bond acceptors (Lipinski definition) is 6. The summed E-state index contributed by atoms with van der Waals surface area (Å²) < 4.78 is 4.91. The highest BCUT2D eigenvalue weighted by atomic mass is 16.4. The minimum absolute atomic E-state index is 0.00533.